The van der Waals surface area contributed by atoms with E-state index in [9.17, 15) is 18.4 Å². The Morgan fingerprint density at radius 1 is 1.35 bits per heavy atom. The minimum absolute atomic E-state index is 0.0294. The number of rotatable bonds is 4. The summed E-state index contributed by atoms with van der Waals surface area (Å²) >= 11 is 0. The van der Waals surface area contributed by atoms with Gasteiger partial charge >= 0.3 is 0 Å². The Morgan fingerprint density at radius 2 is 2.00 bits per heavy atom. The lowest BCUT2D eigenvalue weighted by atomic mass is 10.1. The summed E-state index contributed by atoms with van der Waals surface area (Å²) in [6.45, 7) is 2.87. The molecule has 1 aromatic rings. The largest absolute Gasteiger partial charge is 0.346 e. The Kier molecular flexibility index (Phi) is 4.31. The van der Waals surface area contributed by atoms with Crippen LogP contribution in [0, 0.1) is 11.6 Å². The van der Waals surface area contributed by atoms with Crippen molar-refractivity contribution in [3.63, 3.8) is 0 Å². The SMILES string of the molecule is CC(=O)C(C)NC(=O)Cc1cccc(F)c1F. The van der Waals surface area contributed by atoms with Gasteiger partial charge in [0, 0.05) is 5.56 Å². The van der Waals surface area contributed by atoms with Gasteiger partial charge < -0.3 is 5.32 Å². The van der Waals surface area contributed by atoms with Crippen molar-refractivity contribution in [2.24, 2.45) is 0 Å². The maximum atomic E-state index is 13.2. The Hall–Kier alpha value is -1.78. The first-order valence-electron chi connectivity index (χ1n) is 5.14. The van der Waals surface area contributed by atoms with Crippen molar-refractivity contribution in [3.05, 3.63) is 35.4 Å². The fourth-order valence-corrected chi connectivity index (χ4v) is 1.25. The van der Waals surface area contributed by atoms with E-state index in [1.165, 1.54) is 26.0 Å². The average molecular weight is 241 g/mol. The van der Waals surface area contributed by atoms with E-state index in [0.29, 0.717) is 0 Å². The van der Waals surface area contributed by atoms with Crippen LogP contribution >= 0.6 is 0 Å². The van der Waals surface area contributed by atoms with Gasteiger partial charge in [0.2, 0.25) is 5.91 Å². The van der Waals surface area contributed by atoms with Crippen molar-refractivity contribution in [3.8, 4) is 0 Å². The van der Waals surface area contributed by atoms with Gasteiger partial charge in [-0.05, 0) is 19.9 Å². The second kappa shape index (κ2) is 5.52. The molecule has 0 saturated heterocycles. The van der Waals surface area contributed by atoms with Crippen LogP contribution in [0.1, 0.15) is 19.4 Å². The molecule has 0 fully saturated rings. The quantitative estimate of drug-likeness (QED) is 0.870. The smallest absolute Gasteiger partial charge is 0.225 e. The summed E-state index contributed by atoms with van der Waals surface area (Å²) in [6.07, 6.45) is -0.290. The third-order valence-corrected chi connectivity index (χ3v) is 2.37. The molecular weight excluding hydrogens is 228 g/mol. The third kappa shape index (κ3) is 3.62. The zero-order valence-electron chi connectivity index (χ0n) is 9.59. The maximum absolute atomic E-state index is 13.2. The number of hydrogen-bond donors (Lipinski definition) is 1. The summed E-state index contributed by atoms with van der Waals surface area (Å²) in [5.41, 5.74) is -0.0294. The molecule has 92 valence electrons. The number of Topliss-reactive ketones (excluding diaryl/α,β-unsaturated/α-hetero) is 1. The number of amides is 1. The first-order valence-corrected chi connectivity index (χ1v) is 5.14. The van der Waals surface area contributed by atoms with Gasteiger partial charge in [-0.25, -0.2) is 8.78 Å². The van der Waals surface area contributed by atoms with Crippen LogP contribution in [0.25, 0.3) is 0 Å². The monoisotopic (exact) mass is 241 g/mol. The molecule has 5 heteroatoms. The normalized spacial score (nSPS) is 12.0. The predicted molar refractivity (Wildman–Crippen MR) is 58.3 cm³/mol. The molecule has 1 amide bonds. The van der Waals surface area contributed by atoms with E-state index in [-0.39, 0.29) is 17.8 Å². The number of carbonyl (C=O) groups excluding carboxylic acids is 2. The van der Waals surface area contributed by atoms with Gasteiger partial charge in [-0.3, -0.25) is 9.59 Å². The third-order valence-electron chi connectivity index (χ3n) is 2.37. The molecule has 1 aromatic carbocycles. The van der Waals surface area contributed by atoms with Crippen LogP contribution in [0.3, 0.4) is 0 Å². The highest BCUT2D eigenvalue weighted by atomic mass is 19.2. The zero-order chi connectivity index (χ0) is 13.0. The van der Waals surface area contributed by atoms with E-state index in [4.69, 9.17) is 0 Å². The van der Waals surface area contributed by atoms with Crippen LogP contribution in [0.4, 0.5) is 8.78 Å². The number of nitrogens with one attached hydrogen (secondary N) is 1. The summed E-state index contributed by atoms with van der Waals surface area (Å²) in [5.74, 6) is -2.73. The lowest BCUT2D eigenvalue weighted by molar-refractivity contribution is -0.126. The zero-order valence-corrected chi connectivity index (χ0v) is 9.59. The Bertz CT molecular complexity index is 446. The summed E-state index contributed by atoms with van der Waals surface area (Å²) in [7, 11) is 0. The van der Waals surface area contributed by atoms with Crippen LogP contribution in [0.5, 0.6) is 0 Å². The first-order chi connectivity index (χ1) is 7.91. The maximum Gasteiger partial charge on any atom is 0.225 e. The Morgan fingerprint density at radius 3 is 2.59 bits per heavy atom. The van der Waals surface area contributed by atoms with Gasteiger partial charge in [0.1, 0.15) is 0 Å². The van der Waals surface area contributed by atoms with Crippen molar-refractivity contribution in [1.82, 2.24) is 5.32 Å². The van der Waals surface area contributed by atoms with E-state index in [0.717, 1.165) is 6.07 Å². The molecule has 0 saturated carbocycles. The summed E-state index contributed by atoms with van der Waals surface area (Å²) in [5, 5.41) is 2.40. The van der Waals surface area contributed by atoms with Crippen LogP contribution in [0.2, 0.25) is 0 Å². The summed E-state index contributed by atoms with van der Waals surface area (Å²) < 4.78 is 26.1. The van der Waals surface area contributed by atoms with Gasteiger partial charge in [-0.1, -0.05) is 12.1 Å². The standard InChI is InChI=1S/C12H13F2NO2/c1-7(8(2)16)15-11(17)6-9-4-3-5-10(13)12(9)14/h3-5,7H,6H2,1-2H3,(H,15,17). The van der Waals surface area contributed by atoms with Gasteiger partial charge in [0.25, 0.3) is 0 Å². The Labute approximate surface area is 97.8 Å². The molecule has 0 aromatic heterocycles. The minimum atomic E-state index is -1.03. The number of hydrogen-bond acceptors (Lipinski definition) is 2. The molecule has 0 spiro atoms. The van der Waals surface area contributed by atoms with Crippen LogP contribution < -0.4 is 5.32 Å². The van der Waals surface area contributed by atoms with Crippen molar-refractivity contribution >= 4 is 11.7 Å². The van der Waals surface area contributed by atoms with Gasteiger partial charge in [-0.2, -0.15) is 0 Å². The Balaban J connectivity index is 2.69. The number of carbonyl (C=O) groups is 2. The lowest BCUT2D eigenvalue weighted by Gasteiger charge is -2.10. The molecule has 0 bridgehead atoms. The topological polar surface area (TPSA) is 46.2 Å². The predicted octanol–water partition coefficient (Wildman–Crippen LogP) is 1.60. The van der Waals surface area contributed by atoms with E-state index in [1.807, 2.05) is 0 Å². The number of ketones is 1. The van der Waals surface area contributed by atoms with E-state index in [1.54, 1.807) is 0 Å². The molecular formula is C12H13F2NO2. The molecule has 0 aliphatic heterocycles. The fraction of sp³-hybridized carbons (Fsp3) is 0.333. The number of halogens is 2. The van der Waals surface area contributed by atoms with Gasteiger partial charge in [0.05, 0.1) is 12.5 Å². The van der Waals surface area contributed by atoms with E-state index < -0.39 is 23.6 Å². The average Bonchev–Trinajstić information content (AvgIpc) is 2.24. The second-order valence-corrected chi connectivity index (χ2v) is 3.79. The fourth-order valence-electron chi connectivity index (χ4n) is 1.25. The highest BCUT2D eigenvalue weighted by Crippen LogP contribution is 2.11. The molecule has 17 heavy (non-hydrogen) atoms. The van der Waals surface area contributed by atoms with Crippen LogP contribution in [-0.4, -0.2) is 17.7 Å². The summed E-state index contributed by atoms with van der Waals surface area (Å²) in [6, 6.07) is 3.01. The van der Waals surface area contributed by atoms with Gasteiger partial charge in [-0.15, -0.1) is 0 Å². The molecule has 0 aliphatic carbocycles. The van der Waals surface area contributed by atoms with Gasteiger partial charge in [0.15, 0.2) is 17.4 Å². The van der Waals surface area contributed by atoms with Crippen LogP contribution in [0.15, 0.2) is 18.2 Å². The molecule has 0 radical (unpaired) electrons. The van der Waals surface area contributed by atoms with Crippen LogP contribution in [-0.2, 0) is 16.0 Å². The van der Waals surface area contributed by atoms with Crippen molar-refractivity contribution in [2.45, 2.75) is 26.3 Å². The van der Waals surface area contributed by atoms with E-state index >= 15 is 0 Å². The van der Waals surface area contributed by atoms with Crippen molar-refractivity contribution in [2.75, 3.05) is 0 Å². The lowest BCUT2D eigenvalue weighted by Crippen LogP contribution is -2.38. The molecule has 0 heterocycles. The number of benzene rings is 1. The van der Waals surface area contributed by atoms with Crippen molar-refractivity contribution < 1.29 is 18.4 Å². The molecule has 1 N–H and O–H groups in total. The molecule has 1 unspecified atom stereocenters. The second-order valence-electron chi connectivity index (χ2n) is 3.79. The molecule has 1 atom stereocenters. The van der Waals surface area contributed by atoms with E-state index in [2.05, 4.69) is 5.32 Å². The highest BCUT2D eigenvalue weighted by molar-refractivity contribution is 5.87. The van der Waals surface area contributed by atoms with Crippen molar-refractivity contribution in [1.29, 1.82) is 0 Å². The highest BCUT2D eigenvalue weighted by Gasteiger charge is 2.14. The molecule has 0 aliphatic rings. The summed E-state index contributed by atoms with van der Waals surface area (Å²) in [4.78, 5) is 22.3. The first kappa shape index (κ1) is 13.3. The minimum Gasteiger partial charge on any atom is -0.346 e. The molecule has 1 rings (SSSR count). The molecule has 3 nitrogen and oxygen atoms in total.